The van der Waals surface area contributed by atoms with Crippen molar-refractivity contribution in [1.29, 1.82) is 0 Å². The molecule has 2 aliphatic carbocycles. The highest BCUT2D eigenvalue weighted by Crippen LogP contribution is 2.38. The zero-order chi connectivity index (χ0) is 17.4. The normalized spacial score (nSPS) is 23.4. The topological polar surface area (TPSA) is 64.0 Å². The van der Waals surface area contributed by atoms with Crippen LogP contribution in [0.25, 0.3) is 0 Å². The molecule has 4 rings (SSSR count). The first kappa shape index (κ1) is 17.0. The van der Waals surface area contributed by atoms with Gasteiger partial charge in [0.2, 0.25) is 0 Å². The Hall–Kier alpha value is -1.47. The second-order valence-corrected chi connectivity index (χ2v) is 8.75. The van der Waals surface area contributed by atoms with Crippen LogP contribution in [-0.2, 0) is 0 Å². The van der Waals surface area contributed by atoms with E-state index in [-0.39, 0.29) is 23.6 Å². The predicted molar refractivity (Wildman–Crippen MR) is 101 cm³/mol. The van der Waals surface area contributed by atoms with Crippen LogP contribution >= 0.6 is 27.3 Å². The van der Waals surface area contributed by atoms with E-state index in [2.05, 4.69) is 26.3 Å². The Morgan fingerprint density at radius 2 is 1.96 bits per heavy atom. The van der Waals surface area contributed by atoms with Crippen molar-refractivity contribution in [1.82, 2.24) is 15.1 Å². The number of hydrogen-bond acceptors (Lipinski definition) is 4. The van der Waals surface area contributed by atoms with E-state index in [9.17, 15) is 9.59 Å². The summed E-state index contributed by atoms with van der Waals surface area (Å²) in [5.74, 6) is 0.540. The van der Waals surface area contributed by atoms with Crippen LogP contribution in [0.1, 0.15) is 65.9 Å². The average molecular weight is 422 g/mol. The molecule has 2 heterocycles. The number of rotatable bonds is 4. The molecular weight excluding hydrogens is 402 g/mol. The standard InChI is InChI=1S/C18H20BrN3O2S/c19-12-9-16(25-10-12)18(24)20-13-3-5-14(6-4-13)22-17(23)8-7-15(21-22)11-1-2-11/h7-11,13-14H,1-6H2,(H,20,24). The number of carbonyl (C=O) groups is 1. The number of thiophene rings is 1. The number of halogens is 1. The first-order valence-electron chi connectivity index (χ1n) is 8.75. The Bertz CT molecular complexity index is 835. The van der Waals surface area contributed by atoms with E-state index in [1.54, 1.807) is 10.7 Å². The summed E-state index contributed by atoms with van der Waals surface area (Å²) in [5, 5.41) is 9.64. The molecule has 0 bridgehead atoms. The van der Waals surface area contributed by atoms with Crippen LogP contribution in [0.2, 0.25) is 0 Å². The van der Waals surface area contributed by atoms with Gasteiger partial charge in [-0.15, -0.1) is 11.3 Å². The van der Waals surface area contributed by atoms with Crippen molar-refractivity contribution in [2.75, 3.05) is 0 Å². The minimum atomic E-state index is -0.0136. The summed E-state index contributed by atoms with van der Waals surface area (Å²) in [6.45, 7) is 0. The van der Waals surface area contributed by atoms with Gasteiger partial charge in [-0.05, 0) is 66.6 Å². The molecule has 0 saturated heterocycles. The molecule has 25 heavy (non-hydrogen) atoms. The fourth-order valence-electron chi connectivity index (χ4n) is 3.45. The Labute approximate surface area is 158 Å². The smallest absolute Gasteiger partial charge is 0.267 e. The maximum atomic E-state index is 12.3. The maximum absolute atomic E-state index is 12.3. The second-order valence-electron chi connectivity index (χ2n) is 6.92. The fourth-order valence-corrected chi connectivity index (χ4v) is 4.78. The van der Waals surface area contributed by atoms with Gasteiger partial charge >= 0.3 is 0 Å². The monoisotopic (exact) mass is 421 g/mol. The molecule has 7 heteroatoms. The van der Waals surface area contributed by atoms with Gasteiger partial charge in [-0.25, -0.2) is 4.68 Å². The van der Waals surface area contributed by atoms with Gasteiger partial charge in [-0.2, -0.15) is 5.10 Å². The number of nitrogens with zero attached hydrogens (tertiary/aromatic N) is 2. The second kappa shape index (κ2) is 7.03. The van der Waals surface area contributed by atoms with Crippen LogP contribution in [0.3, 0.4) is 0 Å². The molecule has 0 radical (unpaired) electrons. The van der Waals surface area contributed by atoms with Crippen LogP contribution in [0.4, 0.5) is 0 Å². The summed E-state index contributed by atoms with van der Waals surface area (Å²) >= 11 is 4.82. The van der Waals surface area contributed by atoms with Gasteiger partial charge in [-0.3, -0.25) is 9.59 Å². The highest BCUT2D eigenvalue weighted by Gasteiger charge is 2.28. The summed E-state index contributed by atoms with van der Waals surface area (Å²) in [4.78, 5) is 25.2. The maximum Gasteiger partial charge on any atom is 0.267 e. The summed E-state index contributed by atoms with van der Waals surface area (Å²) in [7, 11) is 0. The molecule has 0 spiro atoms. The molecule has 0 aliphatic heterocycles. The van der Waals surface area contributed by atoms with E-state index < -0.39 is 0 Å². The molecule has 2 aromatic rings. The molecular formula is C18H20BrN3O2S. The van der Waals surface area contributed by atoms with Crippen molar-refractivity contribution in [3.63, 3.8) is 0 Å². The minimum absolute atomic E-state index is 0.00910. The van der Waals surface area contributed by atoms with E-state index in [1.165, 1.54) is 24.2 Å². The predicted octanol–water partition coefficient (Wildman–Crippen LogP) is 3.86. The van der Waals surface area contributed by atoms with Crippen LogP contribution in [0, 0.1) is 0 Å². The quantitative estimate of drug-likeness (QED) is 0.814. The number of nitrogens with one attached hydrogen (secondary N) is 1. The number of aromatic nitrogens is 2. The Morgan fingerprint density at radius 3 is 2.60 bits per heavy atom. The van der Waals surface area contributed by atoms with Gasteiger partial charge in [-0.1, -0.05) is 0 Å². The van der Waals surface area contributed by atoms with Crippen molar-refractivity contribution < 1.29 is 4.79 Å². The van der Waals surface area contributed by atoms with E-state index in [0.717, 1.165) is 40.7 Å². The van der Waals surface area contributed by atoms with Gasteiger partial charge in [0.25, 0.3) is 11.5 Å². The van der Waals surface area contributed by atoms with Crippen molar-refractivity contribution in [2.24, 2.45) is 0 Å². The third kappa shape index (κ3) is 3.87. The lowest BCUT2D eigenvalue weighted by Gasteiger charge is -2.29. The summed E-state index contributed by atoms with van der Waals surface area (Å²) < 4.78 is 2.62. The van der Waals surface area contributed by atoms with Crippen molar-refractivity contribution in [3.8, 4) is 0 Å². The van der Waals surface area contributed by atoms with Gasteiger partial charge in [0.1, 0.15) is 0 Å². The molecule has 2 aliphatic rings. The summed E-state index contributed by atoms with van der Waals surface area (Å²) in [6, 6.07) is 5.70. The largest absolute Gasteiger partial charge is 0.349 e. The third-order valence-corrected chi connectivity index (χ3v) is 6.70. The molecule has 0 aromatic carbocycles. The van der Waals surface area contributed by atoms with Crippen LogP contribution < -0.4 is 10.9 Å². The molecule has 2 aromatic heterocycles. The highest BCUT2D eigenvalue weighted by molar-refractivity contribution is 9.10. The lowest BCUT2D eigenvalue weighted by Crippen LogP contribution is -2.39. The first-order chi connectivity index (χ1) is 12.1. The van der Waals surface area contributed by atoms with Gasteiger partial charge < -0.3 is 5.32 Å². The zero-order valence-corrected chi connectivity index (χ0v) is 16.2. The molecule has 1 amide bonds. The minimum Gasteiger partial charge on any atom is -0.349 e. The van der Waals surface area contributed by atoms with Crippen LogP contribution in [0.15, 0.2) is 32.8 Å². The molecule has 2 fully saturated rings. The third-order valence-electron chi connectivity index (χ3n) is 5.01. The molecule has 5 nitrogen and oxygen atoms in total. The molecule has 1 N–H and O–H groups in total. The Kier molecular flexibility index (Phi) is 4.78. The highest BCUT2D eigenvalue weighted by atomic mass is 79.9. The molecule has 2 saturated carbocycles. The van der Waals surface area contributed by atoms with Crippen molar-refractivity contribution >= 4 is 33.2 Å². The average Bonchev–Trinajstić information content (AvgIpc) is 3.37. The Morgan fingerprint density at radius 1 is 1.20 bits per heavy atom. The Balaban J connectivity index is 1.37. The molecule has 0 unspecified atom stereocenters. The SMILES string of the molecule is O=C(NC1CCC(n2nc(C3CC3)ccc2=O)CC1)c1cc(Br)cs1. The van der Waals surface area contributed by atoms with Crippen molar-refractivity contribution in [3.05, 3.63) is 49.0 Å². The zero-order valence-electron chi connectivity index (χ0n) is 13.8. The van der Waals surface area contributed by atoms with Gasteiger partial charge in [0, 0.05) is 27.9 Å². The van der Waals surface area contributed by atoms with E-state index in [1.807, 2.05) is 17.5 Å². The number of hydrogen-bond donors (Lipinski definition) is 1. The van der Waals surface area contributed by atoms with E-state index >= 15 is 0 Å². The lowest BCUT2D eigenvalue weighted by molar-refractivity contribution is 0.0925. The van der Waals surface area contributed by atoms with E-state index in [0.29, 0.717) is 5.92 Å². The number of carbonyl (C=O) groups excluding carboxylic acids is 1. The summed E-state index contributed by atoms with van der Waals surface area (Å²) in [5.41, 5.74) is 1.04. The number of amides is 1. The molecule has 132 valence electrons. The van der Waals surface area contributed by atoms with E-state index in [4.69, 9.17) is 0 Å². The van der Waals surface area contributed by atoms with Crippen molar-refractivity contribution in [2.45, 2.75) is 56.5 Å². The van der Waals surface area contributed by atoms with Crippen LogP contribution in [0.5, 0.6) is 0 Å². The first-order valence-corrected chi connectivity index (χ1v) is 10.4. The van der Waals surface area contributed by atoms with Gasteiger partial charge in [0.05, 0.1) is 16.6 Å². The van der Waals surface area contributed by atoms with Crippen LogP contribution in [-0.4, -0.2) is 21.7 Å². The summed E-state index contributed by atoms with van der Waals surface area (Å²) in [6.07, 6.45) is 5.88. The fraction of sp³-hybridized carbons (Fsp3) is 0.500. The van der Waals surface area contributed by atoms with Gasteiger partial charge in [0.15, 0.2) is 0 Å². The lowest BCUT2D eigenvalue weighted by atomic mass is 9.91. The molecule has 0 atom stereocenters.